The van der Waals surface area contributed by atoms with Gasteiger partial charge < -0.3 is 19.1 Å². The predicted octanol–water partition coefficient (Wildman–Crippen LogP) is 3.80. The molecule has 146 valence electrons. The minimum Gasteiger partial charge on any atom is -0.493 e. The summed E-state index contributed by atoms with van der Waals surface area (Å²) in [7, 11) is 4.53. The van der Waals surface area contributed by atoms with E-state index < -0.39 is 6.36 Å². The first kappa shape index (κ1) is 20.4. The summed E-state index contributed by atoms with van der Waals surface area (Å²) in [4.78, 5) is 13.8. The topological polar surface area (TPSA) is 48.0 Å². The Morgan fingerprint density at radius 3 is 2.30 bits per heavy atom. The van der Waals surface area contributed by atoms with E-state index in [1.165, 1.54) is 44.4 Å². The van der Waals surface area contributed by atoms with Crippen LogP contribution < -0.4 is 14.2 Å². The monoisotopic (exact) mass is 383 g/mol. The maximum atomic E-state index is 12.5. The lowest BCUT2D eigenvalue weighted by Crippen LogP contribution is -2.28. The first-order chi connectivity index (χ1) is 12.7. The number of benzene rings is 2. The summed E-state index contributed by atoms with van der Waals surface area (Å²) in [6, 6.07) is 10.8. The third-order valence-electron chi connectivity index (χ3n) is 3.83. The number of alkyl halides is 3. The van der Waals surface area contributed by atoms with Crippen molar-refractivity contribution in [2.45, 2.75) is 19.3 Å². The summed E-state index contributed by atoms with van der Waals surface area (Å²) in [5.74, 6) is 0.453. The highest BCUT2D eigenvalue weighted by molar-refractivity contribution is 5.78. The molecule has 0 aromatic heterocycles. The van der Waals surface area contributed by atoms with Gasteiger partial charge in [-0.05, 0) is 23.8 Å². The van der Waals surface area contributed by atoms with E-state index in [-0.39, 0.29) is 30.2 Å². The molecule has 8 heteroatoms. The van der Waals surface area contributed by atoms with Gasteiger partial charge in [-0.3, -0.25) is 4.79 Å². The minimum atomic E-state index is -4.79. The maximum absolute atomic E-state index is 12.5. The van der Waals surface area contributed by atoms with Crippen molar-refractivity contribution in [3.8, 4) is 17.2 Å². The average Bonchev–Trinajstić information content (AvgIpc) is 2.61. The molecule has 2 aromatic rings. The molecule has 2 rings (SSSR count). The summed E-state index contributed by atoms with van der Waals surface area (Å²) in [5.41, 5.74) is 0.960. The standard InChI is InChI=1S/C19H20F3NO4/c1-23(12-14-6-4-5-7-15(14)27-19(20,21)22)18(24)11-13-8-9-16(25-2)17(10-13)26-3/h4-10H,11-12H2,1-3H3. The molecular weight excluding hydrogens is 363 g/mol. The van der Waals surface area contributed by atoms with Crippen molar-refractivity contribution in [1.82, 2.24) is 4.90 Å². The molecule has 0 atom stereocenters. The zero-order valence-corrected chi connectivity index (χ0v) is 15.2. The van der Waals surface area contributed by atoms with Gasteiger partial charge in [-0.25, -0.2) is 0 Å². The van der Waals surface area contributed by atoms with Crippen molar-refractivity contribution in [2.75, 3.05) is 21.3 Å². The van der Waals surface area contributed by atoms with Crippen molar-refractivity contribution in [3.63, 3.8) is 0 Å². The van der Waals surface area contributed by atoms with Crippen LogP contribution in [-0.2, 0) is 17.8 Å². The number of amides is 1. The Kier molecular flexibility index (Phi) is 6.55. The van der Waals surface area contributed by atoms with Gasteiger partial charge in [0.05, 0.1) is 20.6 Å². The van der Waals surface area contributed by atoms with Crippen LogP contribution in [0.2, 0.25) is 0 Å². The molecule has 0 N–H and O–H groups in total. The van der Waals surface area contributed by atoms with E-state index in [2.05, 4.69) is 4.74 Å². The molecule has 0 unspecified atom stereocenters. The molecule has 0 bridgehead atoms. The lowest BCUT2D eigenvalue weighted by molar-refractivity contribution is -0.275. The highest BCUT2D eigenvalue weighted by Gasteiger charge is 2.32. The minimum absolute atomic E-state index is 0.0155. The van der Waals surface area contributed by atoms with Gasteiger partial charge in [0.2, 0.25) is 5.91 Å². The number of likely N-dealkylation sites (N-methyl/N-ethyl adjacent to an activating group) is 1. The van der Waals surface area contributed by atoms with E-state index >= 15 is 0 Å². The Morgan fingerprint density at radius 1 is 1.00 bits per heavy atom. The SMILES string of the molecule is COc1ccc(CC(=O)N(C)Cc2ccccc2OC(F)(F)F)cc1OC. The van der Waals surface area contributed by atoms with Gasteiger partial charge in [0.25, 0.3) is 0 Å². The molecule has 1 amide bonds. The van der Waals surface area contributed by atoms with Crippen molar-refractivity contribution in [3.05, 3.63) is 53.6 Å². The Labute approximate surface area is 155 Å². The molecule has 0 spiro atoms. The van der Waals surface area contributed by atoms with Crippen LogP contribution in [0.25, 0.3) is 0 Å². The molecular formula is C19H20F3NO4. The molecule has 0 radical (unpaired) electrons. The molecule has 0 aliphatic carbocycles. The molecule has 5 nitrogen and oxygen atoms in total. The van der Waals surface area contributed by atoms with E-state index in [4.69, 9.17) is 9.47 Å². The number of ether oxygens (including phenoxy) is 3. The number of nitrogens with zero attached hydrogens (tertiary/aromatic N) is 1. The predicted molar refractivity (Wildman–Crippen MR) is 92.8 cm³/mol. The lowest BCUT2D eigenvalue weighted by atomic mass is 10.1. The van der Waals surface area contributed by atoms with Gasteiger partial charge in [0, 0.05) is 19.2 Å². The number of carbonyl (C=O) groups excluding carboxylic acids is 1. The number of hydrogen-bond donors (Lipinski definition) is 0. The summed E-state index contributed by atoms with van der Waals surface area (Å²) in [6.45, 7) is -0.0155. The van der Waals surface area contributed by atoms with Crippen LogP contribution in [0.3, 0.4) is 0 Å². The highest BCUT2D eigenvalue weighted by atomic mass is 19.4. The van der Waals surface area contributed by atoms with Crippen LogP contribution in [0.15, 0.2) is 42.5 Å². The fourth-order valence-electron chi connectivity index (χ4n) is 2.50. The summed E-state index contributed by atoms with van der Waals surface area (Å²) in [6.07, 6.45) is -4.72. The third-order valence-corrected chi connectivity index (χ3v) is 3.83. The second kappa shape index (κ2) is 8.66. The highest BCUT2D eigenvalue weighted by Crippen LogP contribution is 2.29. The quantitative estimate of drug-likeness (QED) is 0.730. The van der Waals surface area contributed by atoms with Crippen molar-refractivity contribution >= 4 is 5.91 Å². The van der Waals surface area contributed by atoms with Crippen LogP contribution >= 0.6 is 0 Å². The smallest absolute Gasteiger partial charge is 0.493 e. The zero-order valence-electron chi connectivity index (χ0n) is 15.2. The van der Waals surface area contributed by atoms with Crippen molar-refractivity contribution in [1.29, 1.82) is 0 Å². The van der Waals surface area contributed by atoms with E-state index in [0.29, 0.717) is 17.1 Å². The maximum Gasteiger partial charge on any atom is 0.573 e. The van der Waals surface area contributed by atoms with Gasteiger partial charge >= 0.3 is 6.36 Å². The molecule has 0 heterocycles. The van der Waals surface area contributed by atoms with Gasteiger partial charge in [-0.1, -0.05) is 24.3 Å². The second-order valence-corrected chi connectivity index (χ2v) is 5.77. The molecule has 0 fully saturated rings. The van der Waals surface area contributed by atoms with E-state index in [1.54, 1.807) is 24.3 Å². The zero-order chi connectivity index (χ0) is 20.0. The Hall–Kier alpha value is -2.90. The molecule has 27 heavy (non-hydrogen) atoms. The lowest BCUT2D eigenvalue weighted by Gasteiger charge is -2.20. The van der Waals surface area contributed by atoms with Crippen LogP contribution in [0.5, 0.6) is 17.2 Å². The van der Waals surface area contributed by atoms with Crippen molar-refractivity contribution in [2.24, 2.45) is 0 Å². The fraction of sp³-hybridized carbons (Fsp3) is 0.316. The average molecular weight is 383 g/mol. The van der Waals surface area contributed by atoms with Crippen LogP contribution in [0, 0.1) is 0 Å². The van der Waals surface area contributed by atoms with Gasteiger partial charge in [0.1, 0.15) is 5.75 Å². The van der Waals surface area contributed by atoms with Gasteiger partial charge in [-0.2, -0.15) is 0 Å². The number of rotatable bonds is 7. The molecule has 0 saturated carbocycles. The van der Waals surface area contributed by atoms with Crippen LogP contribution in [-0.4, -0.2) is 38.4 Å². The van der Waals surface area contributed by atoms with Crippen molar-refractivity contribution < 1.29 is 32.2 Å². The summed E-state index contributed by atoms with van der Waals surface area (Å²) < 4.78 is 51.9. The molecule has 0 saturated heterocycles. The fourth-order valence-corrected chi connectivity index (χ4v) is 2.50. The van der Waals surface area contributed by atoms with E-state index in [0.717, 1.165) is 0 Å². The second-order valence-electron chi connectivity index (χ2n) is 5.77. The first-order valence-electron chi connectivity index (χ1n) is 8.02. The largest absolute Gasteiger partial charge is 0.573 e. The Balaban J connectivity index is 2.08. The number of carbonyl (C=O) groups is 1. The van der Waals surface area contributed by atoms with Crippen LogP contribution in [0.4, 0.5) is 13.2 Å². The van der Waals surface area contributed by atoms with E-state index in [9.17, 15) is 18.0 Å². The van der Waals surface area contributed by atoms with Gasteiger partial charge in [-0.15, -0.1) is 13.2 Å². The summed E-state index contributed by atoms with van der Waals surface area (Å²) in [5, 5.41) is 0. The number of methoxy groups -OCH3 is 2. The number of halogens is 3. The van der Waals surface area contributed by atoms with Crippen LogP contribution in [0.1, 0.15) is 11.1 Å². The molecule has 0 aliphatic rings. The van der Waals surface area contributed by atoms with E-state index in [1.807, 2.05) is 0 Å². The molecule has 2 aromatic carbocycles. The summed E-state index contributed by atoms with van der Waals surface area (Å²) >= 11 is 0. The first-order valence-corrected chi connectivity index (χ1v) is 8.02. The Morgan fingerprint density at radius 2 is 1.67 bits per heavy atom. The number of para-hydroxylation sites is 1. The third kappa shape index (κ3) is 5.80. The number of hydrogen-bond acceptors (Lipinski definition) is 4. The van der Waals surface area contributed by atoms with Gasteiger partial charge in [0.15, 0.2) is 11.5 Å². The Bertz CT molecular complexity index is 793. The molecule has 0 aliphatic heterocycles. The normalized spacial score (nSPS) is 11.0.